The van der Waals surface area contributed by atoms with Crippen LogP contribution in [-0.2, 0) is 6.54 Å². The molecule has 0 saturated heterocycles. The van der Waals surface area contributed by atoms with E-state index in [0.29, 0.717) is 0 Å². The van der Waals surface area contributed by atoms with E-state index >= 15 is 0 Å². The SMILES string of the molecule is CC(C)CCCCCCNCCn1cccn1. The normalized spacial score (nSPS) is 11.2. The predicted octanol–water partition coefficient (Wildman–Crippen LogP) is 3.08. The summed E-state index contributed by atoms with van der Waals surface area (Å²) in [5.74, 6) is 0.863. The molecule has 0 amide bonds. The van der Waals surface area contributed by atoms with Gasteiger partial charge in [0.2, 0.25) is 0 Å². The molecular weight excluding hydrogens is 210 g/mol. The minimum atomic E-state index is 0.863. The maximum absolute atomic E-state index is 4.17. The highest BCUT2D eigenvalue weighted by Crippen LogP contribution is 2.08. The molecule has 0 atom stereocenters. The quantitative estimate of drug-likeness (QED) is 0.634. The molecule has 3 heteroatoms. The topological polar surface area (TPSA) is 29.9 Å². The van der Waals surface area contributed by atoms with Crippen molar-refractivity contribution in [2.24, 2.45) is 5.92 Å². The third-order valence-electron chi connectivity index (χ3n) is 2.96. The van der Waals surface area contributed by atoms with Crippen LogP contribution in [0.25, 0.3) is 0 Å². The van der Waals surface area contributed by atoms with E-state index in [2.05, 4.69) is 24.3 Å². The standard InChI is InChI=1S/C14H27N3/c1-14(2)8-5-3-4-6-9-15-11-13-17-12-7-10-16-17/h7,10,12,14-15H,3-6,8-9,11,13H2,1-2H3. The largest absolute Gasteiger partial charge is 0.315 e. The molecule has 0 aromatic carbocycles. The lowest BCUT2D eigenvalue weighted by Crippen LogP contribution is -2.21. The third-order valence-corrected chi connectivity index (χ3v) is 2.96. The molecule has 0 unspecified atom stereocenters. The summed E-state index contributed by atoms with van der Waals surface area (Å²) >= 11 is 0. The van der Waals surface area contributed by atoms with E-state index in [-0.39, 0.29) is 0 Å². The van der Waals surface area contributed by atoms with Gasteiger partial charge in [-0.05, 0) is 24.9 Å². The molecule has 0 aliphatic rings. The average Bonchev–Trinajstić information content (AvgIpc) is 2.79. The third kappa shape index (κ3) is 7.97. The summed E-state index contributed by atoms with van der Waals surface area (Å²) in [4.78, 5) is 0. The lowest BCUT2D eigenvalue weighted by molar-refractivity contribution is 0.503. The van der Waals surface area contributed by atoms with Gasteiger partial charge >= 0.3 is 0 Å². The summed E-state index contributed by atoms with van der Waals surface area (Å²) in [6.45, 7) is 7.74. The first kappa shape index (κ1) is 14.2. The first-order valence-electron chi connectivity index (χ1n) is 6.97. The molecule has 0 radical (unpaired) electrons. The molecular formula is C14H27N3. The predicted molar refractivity (Wildman–Crippen MR) is 73.0 cm³/mol. The van der Waals surface area contributed by atoms with Crippen LogP contribution in [0.5, 0.6) is 0 Å². The van der Waals surface area contributed by atoms with E-state index in [1.165, 1.54) is 32.1 Å². The van der Waals surface area contributed by atoms with Crippen molar-refractivity contribution in [1.29, 1.82) is 0 Å². The molecule has 1 N–H and O–H groups in total. The van der Waals surface area contributed by atoms with E-state index in [1.54, 1.807) is 0 Å². The van der Waals surface area contributed by atoms with Gasteiger partial charge in [-0.1, -0.05) is 39.5 Å². The zero-order valence-electron chi connectivity index (χ0n) is 11.4. The lowest BCUT2D eigenvalue weighted by atomic mass is 10.0. The van der Waals surface area contributed by atoms with Crippen LogP contribution in [0.1, 0.15) is 46.0 Å². The smallest absolute Gasteiger partial charge is 0.0533 e. The molecule has 1 heterocycles. The summed E-state index contributed by atoms with van der Waals surface area (Å²) in [6.07, 6.45) is 10.7. The van der Waals surface area contributed by atoms with Crippen molar-refractivity contribution in [2.75, 3.05) is 13.1 Å². The highest BCUT2D eigenvalue weighted by atomic mass is 15.3. The Labute approximate surface area is 106 Å². The second kappa shape index (κ2) is 9.23. The van der Waals surface area contributed by atoms with E-state index in [0.717, 1.165) is 25.6 Å². The van der Waals surface area contributed by atoms with Gasteiger partial charge in [-0.3, -0.25) is 4.68 Å². The Balaban J connectivity index is 1.79. The van der Waals surface area contributed by atoms with Crippen molar-refractivity contribution in [3.63, 3.8) is 0 Å². The van der Waals surface area contributed by atoms with Crippen LogP contribution >= 0.6 is 0 Å². The van der Waals surface area contributed by atoms with Gasteiger partial charge in [0.05, 0.1) is 6.54 Å². The van der Waals surface area contributed by atoms with Crippen molar-refractivity contribution >= 4 is 0 Å². The van der Waals surface area contributed by atoms with Gasteiger partial charge in [-0.2, -0.15) is 5.10 Å². The van der Waals surface area contributed by atoms with E-state index in [9.17, 15) is 0 Å². The van der Waals surface area contributed by atoms with Crippen LogP contribution < -0.4 is 5.32 Å². The molecule has 1 rings (SSSR count). The number of nitrogens with zero attached hydrogens (tertiary/aromatic N) is 2. The van der Waals surface area contributed by atoms with E-state index < -0.39 is 0 Å². The highest BCUT2D eigenvalue weighted by molar-refractivity contribution is 4.77. The first-order chi connectivity index (χ1) is 8.29. The monoisotopic (exact) mass is 237 g/mol. The van der Waals surface area contributed by atoms with Crippen LogP contribution in [0.3, 0.4) is 0 Å². The van der Waals surface area contributed by atoms with Crippen LogP contribution in [-0.4, -0.2) is 22.9 Å². The number of hydrogen-bond donors (Lipinski definition) is 1. The van der Waals surface area contributed by atoms with Crippen molar-refractivity contribution < 1.29 is 0 Å². The molecule has 3 nitrogen and oxygen atoms in total. The Morgan fingerprint density at radius 1 is 1.12 bits per heavy atom. The van der Waals surface area contributed by atoms with Gasteiger partial charge in [-0.15, -0.1) is 0 Å². The number of nitrogens with one attached hydrogen (secondary N) is 1. The van der Waals surface area contributed by atoms with Crippen LogP contribution in [0.2, 0.25) is 0 Å². The highest BCUT2D eigenvalue weighted by Gasteiger charge is 1.94. The molecule has 0 fully saturated rings. The fourth-order valence-electron chi connectivity index (χ4n) is 1.91. The minimum Gasteiger partial charge on any atom is -0.315 e. The van der Waals surface area contributed by atoms with Crippen molar-refractivity contribution in [3.8, 4) is 0 Å². The van der Waals surface area contributed by atoms with Crippen LogP contribution in [0, 0.1) is 5.92 Å². The van der Waals surface area contributed by atoms with Gasteiger partial charge in [0, 0.05) is 18.9 Å². The summed E-state index contributed by atoms with van der Waals surface area (Å²) in [7, 11) is 0. The zero-order chi connectivity index (χ0) is 12.3. The molecule has 0 aliphatic carbocycles. The van der Waals surface area contributed by atoms with Gasteiger partial charge in [0.25, 0.3) is 0 Å². The fraction of sp³-hybridized carbons (Fsp3) is 0.786. The number of aromatic nitrogens is 2. The zero-order valence-corrected chi connectivity index (χ0v) is 11.4. The van der Waals surface area contributed by atoms with Crippen LogP contribution in [0.4, 0.5) is 0 Å². The summed E-state index contributed by atoms with van der Waals surface area (Å²) < 4.78 is 1.97. The Bertz CT molecular complexity index is 254. The van der Waals surface area contributed by atoms with Crippen LogP contribution in [0.15, 0.2) is 18.5 Å². The van der Waals surface area contributed by atoms with E-state index in [1.807, 2.05) is 23.1 Å². The van der Waals surface area contributed by atoms with Crippen molar-refractivity contribution in [2.45, 2.75) is 52.5 Å². The summed E-state index contributed by atoms with van der Waals surface area (Å²) in [6, 6.07) is 1.97. The first-order valence-corrected chi connectivity index (χ1v) is 6.97. The molecule has 0 aliphatic heterocycles. The molecule has 0 spiro atoms. The number of hydrogen-bond acceptors (Lipinski definition) is 2. The second-order valence-corrected chi connectivity index (χ2v) is 5.12. The number of unbranched alkanes of at least 4 members (excludes halogenated alkanes) is 3. The summed E-state index contributed by atoms with van der Waals surface area (Å²) in [5.41, 5.74) is 0. The van der Waals surface area contributed by atoms with Gasteiger partial charge in [0.15, 0.2) is 0 Å². The molecule has 1 aromatic heterocycles. The molecule has 17 heavy (non-hydrogen) atoms. The van der Waals surface area contributed by atoms with Gasteiger partial charge in [-0.25, -0.2) is 0 Å². The summed E-state index contributed by atoms with van der Waals surface area (Å²) in [5, 5.41) is 7.63. The maximum atomic E-state index is 4.17. The minimum absolute atomic E-state index is 0.863. The Morgan fingerprint density at radius 2 is 1.94 bits per heavy atom. The maximum Gasteiger partial charge on any atom is 0.0533 e. The van der Waals surface area contributed by atoms with Crippen molar-refractivity contribution in [1.82, 2.24) is 15.1 Å². The number of rotatable bonds is 10. The lowest BCUT2D eigenvalue weighted by Gasteiger charge is -2.06. The molecule has 98 valence electrons. The molecule has 0 saturated carbocycles. The second-order valence-electron chi connectivity index (χ2n) is 5.12. The van der Waals surface area contributed by atoms with Crippen molar-refractivity contribution in [3.05, 3.63) is 18.5 Å². The molecule has 0 bridgehead atoms. The Kier molecular flexibility index (Phi) is 7.72. The van der Waals surface area contributed by atoms with Gasteiger partial charge in [0.1, 0.15) is 0 Å². The van der Waals surface area contributed by atoms with Gasteiger partial charge < -0.3 is 5.32 Å². The fourth-order valence-corrected chi connectivity index (χ4v) is 1.91. The Hall–Kier alpha value is -0.830. The molecule has 1 aromatic rings. The average molecular weight is 237 g/mol. The van der Waals surface area contributed by atoms with E-state index in [4.69, 9.17) is 0 Å². The Morgan fingerprint density at radius 3 is 2.65 bits per heavy atom.